The lowest BCUT2D eigenvalue weighted by Gasteiger charge is -2.23. The van der Waals surface area contributed by atoms with Crippen molar-refractivity contribution in [2.45, 2.75) is 18.4 Å². The average molecular weight is 350 g/mol. The van der Waals surface area contributed by atoms with Crippen molar-refractivity contribution in [2.75, 3.05) is 33.0 Å². The van der Waals surface area contributed by atoms with Gasteiger partial charge in [0.15, 0.2) is 0 Å². The van der Waals surface area contributed by atoms with E-state index in [1.807, 2.05) is 7.05 Å². The zero-order valence-electron chi connectivity index (χ0n) is 14.3. The average Bonchev–Trinajstić information content (AvgIpc) is 2.55. The lowest BCUT2D eigenvalue weighted by atomic mass is 10.1. The van der Waals surface area contributed by atoms with E-state index in [0.29, 0.717) is 24.4 Å². The fourth-order valence-corrected chi connectivity index (χ4v) is 2.96. The quantitative estimate of drug-likeness (QED) is 0.496. The number of nitrogens with one attached hydrogen (secondary N) is 3. The Kier molecular flexibility index (Phi) is 6.69. The zero-order valence-corrected chi connectivity index (χ0v) is 15.1. The van der Waals surface area contributed by atoms with Gasteiger partial charge in [0.1, 0.15) is 13.1 Å². The summed E-state index contributed by atoms with van der Waals surface area (Å²) < 4.78 is 5.07. The molecule has 0 saturated heterocycles. The molecular weight excluding hydrogens is 326 g/mol. The Hall–Kier alpha value is -1.99. The predicted octanol–water partition coefficient (Wildman–Crippen LogP) is 0.553. The summed E-state index contributed by atoms with van der Waals surface area (Å²) in [6.45, 7) is 3.63. The van der Waals surface area contributed by atoms with Crippen molar-refractivity contribution in [3.63, 3.8) is 0 Å². The summed E-state index contributed by atoms with van der Waals surface area (Å²) >= 11 is 1.71. The minimum atomic E-state index is -0.378. The third kappa shape index (κ3) is 5.01. The van der Waals surface area contributed by atoms with E-state index >= 15 is 0 Å². The molecule has 0 aromatic heterocycles. The maximum atomic E-state index is 12.0. The number of rotatable bonds is 7. The van der Waals surface area contributed by atoms with Crippen LogP contribution in [-0.4, -0.2) is 45.0 Å². The van der Waals surface area contributed by atoms with Gasteiger partial charge >= 0.3 is 12.0 Å². The maximum Gasteiger partial charge on any atom is 0.337 e. The number of ether oxygens (including phenoxy) is 1. The Bertz CT molecular complexity index is 628. The predicted molar refractivity (Wildman–Crippen MR) is 93.9 cm³/mol. The summed E-state index contributed by atoms with van der Waals surface area (Å²) in [5, 5.41) is 5.36. The molecule has 1 atom stereocenters. The third-order valence-corrected chi connectivity index (χ3v) is 4.46. The first-order valence-electron chi connectivity index (χ1n) is 7.91. The van der Waals surface area contributed by atoms with Crippen LogP contribution < -0.4 is 15.5 Å². The van der Waals surface area contributed by atoms with Crippen LogP contribution in [0.4, 0.5) is 4.79 Å². The second-order valence-electron chi connectivity index (χ2n) is 5.64. The molecular formula is C17H24N3O3S+. The topological polar surface area (TPSA) is 71.9 Å². The maximum absolute atomic E-state index is 12.0. The van der Waals surface area contributed by atoms with Gasteiger partial charge in [0, 0.05) is 10.5 Å². The van der Waals surface area contributed by atoms with Gasteiger partial charge in [0.05, 0.1) is 31.5 Å². The van der Waals surface area contributed by atoms with Crippen molar-refractivity contribution in [3.8, 4) is 0 Å². The summed E-state index contributed by atoms with van der Waals surface area (Å²) in [6.07, 6.45) is 2.05. The Morgan fingerprint density at radius 2 is 2.00 bits per heavy atom. The molecule has 1 aliphatic heterocycles. The molecule has 1 unspecified atom stereocenters. The molecule has 2 amide bonds. The van der Waals surface area contributed by atoms with Gasteiger partial charge in [-0.1, -0.05) is 12.1 Å². The van der Waals surface area contributed by atoms with E-state index in [-0.39, 0.29) is 18.5 Å². The SMILES string of the molecule is CCOC(=O)C1=C(C[NH+](C)Cc2ccc(SC)cc2)NC(=O)NC1. The monoisotopic (exact) mass is 350 g/mol. The molecule has 2 rings (SSSR count). The van der Waals surface area contributed by atoms with Crippen LogP contribution in [0.25, 0.3) is 0 Å². The molecule has 7 heteroatoms. The number of amides is 2. The van der Waals surface area contributed by atoms with Crippen LogP contribution in [0, 0.1) is 0 Å². The molecule has 1 aliphatic rings. The molecule has 6 nitrogen and oxygen atoms in total. The summed E-state index contributed by atoms with van der Waals surface area (Å²) in [5.41, 5.74) is 2.34. The van der Waals surface area contributed by atoms with Crippen molar-refractivity contribution in [1.82, 2.24) is 10.6 Å². The van der Waals surface area contributed by atoms with Gasteiger partial charge in [-0.05, 0) is 25.3 Å². The minimum Gasteiger partial charge on any atom is -0.463 e. The smallest absolute Gasteiger partial charge is 0.337 e. The van der Waals surface area contributed by atoms with Crippen LogP contribution in [-0.2, 0) is 16.1 Å². The van der Waals surface area contributed by atoms with Gasteiger partial charge in [-0.3, -0.25) is 0 Å². The van der Waals surface area contributed by atoms with E-state index in [4.69, 9.17) is 4.74 Å². The van der Waals surface area contributed by atoms with E-state index in [1.54, 1.807) is 18.7 Å². The molecule has 0 saturated carbocycles. The van der Waals surface area contributed by atoms with Crippen LogP contribution in [0.3, 0.4) is 0 Å². The highest BCUT2D eigenvalue weighted by molar-refractivity contribution is 7.98. The number of esters is 1. The normalized spacial score (nSPS) is 15.5. The number of urea groups is 1. The molecule has 0 spiro atoms. The van der Waals surface area contributed by atoms with Crippen LogP contribution in [0.2, 0.25) is 0 Å². The van der Waals surface area contributed by atoms with E-state index in [0.717, 1.165) is 6.54 Å². The molecule has 24 heavy (non-hydrogen) atoms. The number of likely N-dealkylation sites (N-methyl/N-ethyl adjacent to an activating group) is 1. The Balaban J connectivity index is 2.06. The number of quaternary nitrogens is 1. The first-order valence-corrected chi connectivity index (χ1v) is 9.14. The summed E-state index contributed by atoms with van der Waals surface area (Å²) in [4.78, 5) is 26.0. The second kappa shape index (κ2) is 8.75. The van der Waals surface area contributed by atoms with Crippen molar-refractivity contribution in [3.05, 3.63) is 41.1 Å². The number of benzene rings is 1. The highest BCUT2D eigenvalue weighted by Crippen LogP contribution is 2.14. The molecule has 0 bridgehead atoms. The second-order valence-corrected chi connectivity index (χ2v) is 6.52. The fourth-order valence-electron chi connectivity index (χ4n) is 2.55. The van der Waals surface area contributed by atoms with E-state index in [1.165, 1.54) is 15.4 Å². The molecule has 130 valence electrons. The van der Waals surface area contributed by atoms with Gasteiger partial charge in [-0.15, -0.1) is 11.8 Å². The van der Waals surface area contributed by atoms with Crippen LogP contribution in [0.5, 0.6) is 0 Å². The molecule has 0 radical (unpaired) electrons. The lowest BCUT2D eigenvalue weighted by Crippen LogP contribution is -3.08. The summed E-state index contributed by atoms with van der Waals surface area (Å²) in [5.74, 6) is -0.378. The number of hydrogen-bond acceptors (Lipinski definition) is 4. The summed E-state index contributed by atoms with van der Waals surface area (Å²) in [7, 11) is 2.03. The Labute approximate surface area is 146 Å². The highest BCUT2D eigenvalue weighted by Gasteiger charge is 2.25. The van der Waals surface area contributed by atoms with Crippen LogP contribution >= 0.6 is 11.8 Å². The standard InChI is InChI=1S/C17H23N3O3S/c1-4-23-16(21)14-9-18-17(22)19-15(14)11-20(2)10-12-5-7-13(24-3)8-6-12/h5-8H,4,9-11H2,1-3H3,(H2,18,19,22)/p+1. The van der Waals surface area contributed by atoms with E-state index < -0.39 is 0 Å². The molecule has 1 heterocycles. The van der Waals surface area contributed by atoms with Gasteiger partial charge in [0.2, 0.25) is 0 Å². The van der Waals surface area contributed by atoms with Crippen molar-refractivity contribution >= 4 is 23.8 Å². The van der Waals surface area contributed by atoms with Crippen LogP contribution in [0.1, 0.15) is 12.5 Å². The van der Waals surface area contributed by atoms with Gasteiger partial charge in [-0.2, -0.15) is 0 Å². The minimum absolute atomic E-state index is 0.204. The first kappa shape index (κ1) is 18.4. The third-order valence-electron chi connectivity index (χ3n) is 3.72. The molecule has 0 fully saturated rings. The van der Waals surface area contributed by atoms with Crippen molar-refractivity contribution < 1.29 is 19.2 Å². The van der Waals surface area contributed by atoms with Gasteiger partial charge in [-0.25, -0.2) is 9.59 Å². The van der Waals surface area contributed by atoms with Crippen LogP contribution in [0.15, 0.2) is 40.4 Å². The number of thioether (sulfide) groups is 1. The number of hydrogen-bond donors (Lipinski definition) is 3. The molecule has 1 aromatic carbocycles. The molecule has 0 aliphatic carbocycles. The van der Waals surface area contributed by atoms with Crippen molar-refractivity contribution in [2.24, 2.45) is 0 Å². The van der Waals surface area contributed by atoms with Gasteiger partial charge < -0.3 is 20.3 Å². The first-order chi connectivity index (χ1) is 11.5. The van der Waals surface area contributed by atoms with Crippen molar-refractivity contribution in [1.29, 1.82) is 0 Å². The van der Waals surface area contributed by atoms with E-state index in [9.17, 15) is 9.59 Å². The number of carbonyl (C=O) groups excluding carboxylic acids is 2. The van der Waals surface area contributed by atoms with E-state index in [2.05, 4.69) is 41.2 Å². The largest absolute Gasteiger partial charge is 0.463 e. The lowest BCUT2D eigenvalue weighted by molar-refractivity contribution is -0.889. The summed E-state index contributed by atoms with van der Waals surface area (Å²) in [6, 6.07) is 8.13. The zero-order chi connectivity index (χ0) is 17.5. The Morgan fingerprint density at radius 1 is 1.29 bits per heavy atom. The molecule has 1 aromatic rings. The fraction of sp³-hybridized carbons (Fsp3) is 0.412. The van der Waals surface area contributed by atoms with Gasteiger partial charge in [0.25, 0.3) is 0 Å². The number of carbonyl (C=O) groups is 2. The highest BCUT2D eigenvalue weighted by atomic mass is 32.2. The molecule has 3 N–H and O–H groups in total. The Morgan fingerprint density at radius 3 is 2.62 bits per heavy atom.